The van der Waals surface area contributed by atoms with Crippen LogP contribution in [0.25, 0.3) is 10.8 Å². The molecule has 0 bridgehead atoms. The molecule has 1 heterocycles. The van der Waals surface area contributed by atoms with Crippen molar-refractivity contribution in [3.8, 4) is 0 Å². The van der Waals surface area contributed by atoms with Gasteiger partial charge in [0.15, 0.2) is 0 Å². The second-order valence-electron chi connectivity index (χ2n) is 7.46. The maximum absolute atomic E-state index is 4.21. The molecule has 1 fully saturated rings. The minimum Gasteiger partial charge on any atom is -0.382 e. The topological polar surface area (TPSA) is 24.9 Å². The van der Waals surface area contributed by atoms with Crippen LogP contribution in [0.3, 0.4) is 0 Å². The fraction of sp³-hybridized carbons (Fsp3) is 0.526. The summed E-state index contributed by atoms with van der Waals surface area (Å²) in [5.41, 5.74) is 1.71. The van der Waals surface area contributed by atoms with Gasteiger partial charge in [-0.1, -0.05) is 32.9 Å². The number of nitrogens with zero attached hydrogens (tertiary/aromatic N) is 1. The summed E-state index contributed by atoms with van der Waals surface area (Å²) in [4.78, 5) is 4.21. The Kier molecular flexibility index (Phi) is 3.88. The van der Waals surface area contributed by atoms with Gasteiger partial charge in [-0.25, -0.2) is 0 Å². The summed E-state index contributed by atoms with van der Waals surface area (Å²) in [5.74, 6) is 0.868. The molecule has 0 atom stereocenters. The second kappa shape index (κ2) is 5.67. The summed E-state index contributed by atoms with van der Waals surface area (Å²) in [6, 6.07) is 9.16. The Morgan fingerprint density at radius 3 is 2.52 bits per heavy atom. The maximum Gasteiger partial charge on any atom is 0.0423 e. The summed E-state index contributed by atoms with van der Waals surface area (Å²) in [6.07, 6.45) is 9.06. The van der Waals surface area contributed by atoms with E-state index in [1.54, 1.807) is 0 Å². The van der Waals surface area contributed by atoms with Gasteiger partial charge in [-0.05, 0) is 49.1 Å². The monoisotopic (exact) mass is 282 g/mol. The van der Waals surface area contributed by atoms with Gasteiger partial charge in [0.1, 0.15) is 0 Å². The first-order valence-electron chi connectivity index (χ1n) is 8.13. The van der Waals surface area contributed by atoms with Crippen molar-refractivity contribution in [1.82, 2.24) is 4.98 Å². The zero-order valence-corrected chi connectivity index (χ0v) is 13.4. The number of benzene rings is 1. The highest BCUT2D eigenvalue weighted by Gasteiger charge is 2.29. The molecular weight excluding hydrogens is 256 g/mol. The standard InChI is InChI=1S/C19H26N2/c1-19(2,3)15-7-9-16(10-8-15)21-18-6-4-5-14-13-20-12-11-17(14)18/h4-6,11-13,15-16,21H,7-10H2,1-3H3. The van der Waals surface area contributed by atoms with Gasteiger partial charge in [0.05, 0.1) is 0 Å². The Bertz CT molecular complexity index is 599. The summed E-state index contributed by atoms with van der Waals surface area (Å²) >= 11 is 0. The zero-order chi connectivity index (χ0) is 14.9. The number of nitrogens with one attached hydrogen (secondary N) is 1. The minimum atomic E-state index is 0.454. The van der Waals surface area contributed by atoms with Crippen LogP contribution < -0.4 is 5.32 Å². The van der Waals surface area contributed by atoms with Crippen LogP contribution in [0.2, 0.25) is 0 Å². The van der Waals surface area contributed by atoms with Crippen LogP contribution in [0.5, 0.6) is 0 Å². The summed E-state index contributed by atoms with van der Waals surface area (Å²) in [5, 5.41) is 6.26. The molecule has 2 nitrogen and oxygen atoms in total. The van der Waals surface area contributed by atoms with Crippen LogP contribution in [0.1, 0.15) is 46.5 Å². The van der Waals surface area contributed by atoms with E-state index in [0.29, 0.717) is 11.5 Å². The normalized spacial score (nSPS) is 23.2. The Labute approximate surface area is 128 Å². The highest BCUT2D eigenvalue weighted by Crippen LogP contribution is 2.38. The molecule has 112 valence electrons. The smallest absolute Gasteiger partial charge is 0.0423 e. The van der Waals surface area contributed by atoms with Crippen molar-refractivity contribution in [1.29, 1.82) is 0 Å². The Morgan fingerprint density at radius 1 is 1.05 bits per heavy atom. The number of pyridine rings is 1. The van der Waals surface area contributed by atoms with Gasteiger partial charge in [0, 0.05) is 34.9 Å². The highest BCUT2D eigenvalue weighted by atomic mass is 14.9. The number of hydrogen-bond donors (Lipinski definition) is 1. The Balaban J connectivity index is 1.70. The van der Waals surface area contributed by atoms with Gasteiger partial charge in [0.25, 0.3) is 0 Å². The summed E-state index contributed by atoms with van der Waals surface area (Å²) in [7, 11) is 0. The molecule has 2 heteroatoms. The van der Waals surface area contributed by atoms with Crippen molar-refractivity contribution >= 4 is 16.5 Å². The Morgan fingerprint density at radius 2 is 1.81 bits per heavy atom. The second-order valence-corrected chi connectivity index (χ2v) is 7.46. The molecule has 0 spiro atoms. The molecule has 1 aromatic heterocycles. The largest absolute Gasteiger partial charge is 0.382 e. The molecule has 1 aromatic carbocycles. The van der Waals surface area contributed by atoms with Crippen LogP contribution in [0, 0.1) is 11.3 Å². The Hall–Kier alpha value is -1.57. The molecule has 1 saturated carbocycles. The van der Waals surface area contributed by atoms with Gasteiger partial charge in [-0.2, -0.15) is 0 Å². The van der Waals surface area contributed by atoms with Crippen molar-refractivity contribution in [3.05, 3.63) is 36.7 Å². The van der Waals surface area contributed by atoms with Crippen LogP contribution in [-0.4, -0.2) is 11.0 Å². The lowest BCUT2D eigenvalue weighted by molar-refractivity contribution is 0.173. The summed E-state index contributed by atoms with van der Waals surface area (Å²) < 4.78 is 0. The van der Waals surface area contributed by atoms with Crippen molar-refractivity contribution in [2.45, 2.75) is 52.5 Å². The zero-order valence-electron chi connectivity index (χ0n) is 13.4. The minimum absolute atomic E-state index is 0.454. The van der Waals surface area contributed by atoms with E-state index in [9.17, 15) is 0 Å². The van der Waals surface area contributed by atoms with E-state index in [-0.39, 0.29) is 0 Å². The number of fused-ring (bicyclic) bond motifs is 1. The van der Waals surface area contributed by atoms with E-state index in [1.165, 1.54) is 42.1 Å². The average molecular weight is 282 g/mol. The highest BCUT2D eigenvalue weighted by molar-refractivity contribution is 5.93. The van der Waals surface area contributed by atoms with Gasteiger partial charge >= 0.3 is 0 Å². The molecule has 0 saturated heterocycles. The predicted octanol–water partition coefficient (Wildman–Crippen LogP) is 5.25. The van der Waals surface area contributed by atoms with E-state index in [1.807, 2.05) is 12.4 Å². The van der Waals surface area contributed by atoms with Crippen molar-refractivity contribution in [2.24, 2.45) is 11.3 Å². The first kappa shape index (κ1) is 14.4. The molecule has 1 aliphatic carbocycles. The lowest BCUT2D eigenvalue weighted by atomic mass is 9.71. The van der Waals surface area contributed by atoms with Gasteiger partial charge in [0.2, 0.25) is 0 Å². The third-order valence-corrected chi connectivity index (χ3v) is 4.99. The first-order valence-corrected chi connectivity index (χ1v) is 8.13. The summed E-state index contributed by atoms with van der Waals surface area (Å²) in [6.45, 7) is 7.13. The molecule has 1 N–H and O–H groups in total. The predicted molar refractivity (Wildman–Crippen MR) is 90.6 cm³/mol. The quantitative estimate of drug-likeness (QED) is 0.813. The first-order chi connectivity index (χ1) is 10.0. The fourth-order valence-electron chi connectivity index (χ4n) is 3.57. The lowest BCUT2D eigenvalue weighted by Gasteiger charge is -2.37. The molecule has 0 aliphatic heterocycles. The van der Waals surface area contributed by atoms with Crippen LogP contribution >= 0.6 is 0 Å². The molecule has 21 heavy (non-hydrogen) atoms. The molecule has 0 unspecified atom stereocenters. The third-order valence-electron chi connectivity index (χ3n) is 4.99. The molecule has 0 radical (unpaired) electrons. The SMILES string of the molecule is CC(C)(C)C1CCC(Nc2cccc3cnccc23)CC1. The molecule has 0 amide bonds. The lowest BCUT2D eigenvalue weighted by Crippen LogP contribution is -2.31. The van der Waals surface area contributed by atoms with Gasteiger partial charge in [-0.15, -0.1) is 0 Å². The number of hydrogen-bond acceptors (Lipinski definition) is 2. The van der Waals surface area contributed by atoms with E-state index >= 15 is 0 Å². The molecular formula is C19H26N2. The molecule has 1 aliphatic rings. The van der Waals surface area contributed by atoms with Gasteiger partial charge in [-0.3, -0.25) is 4.98 Å². The number of rotatable bonds is 2. The van der Waals surface area contributed by atoms with E-state index < -0.39 is 0 Å². The van der Waals surface area contributed by atoms with Crippen molar-refractivity contribution < 1.29 is 0 Å². The van der Waals surface area contributed by atoms with E-state index in [0.717, 1.165) is 5.92 Å². The van der Waals surface area contributed by atoms with Gasteiger partial charge < -0.3 is 5.32 Å². The maximum atomic E-state index is 4.21. The van der Waals surface area contributed by atoms with Crippen LogP contribution in [0.4, 0.5) is 5.69 Å². The molecule has 3 rings (SSSR count). The fourth-order valence-corrected chi connectivity index (χ4v) is 3.57. The molecule has 2 aromatic rings. The van der Waals surface area contributed by atoms with E-state index in [4.69, 9.17) is 0 Å². The average Bonchev–Trinajstić information content (AvgIpc) is 2.47. The van der Waals surface area contributed by atoms with Crippen LogP contribution in [0.15, 0.2) is 36.7 Å². The number of anilines is 1. The van der Waals surface area contributed by atoms with Crippen molar-refractivity contribution in [2.75, 3.05) is 5.32 Å². The third kappa shape index (κ3) is 3.20. The van der Waals surface area contributed by atoms with Crippen LogP contribution in [-0.2, 0) is 0 Å². The van der Waals surface area contributed by atoms with Crippen molar-refractivity contribution in [3.63, 3.8) is 0 Å². The van der Waals surface area contributed by atoms with E-state index in [2.05, 4.69) is 55.3 Å². The number of aromatic nitrogens is 1.